The summed E-state index contributed by atoms with van der Waals surface area (Å²) in [5.74, 6) is 0. The first-order valence-corrected chi connectivity index (χ1v) is 8.38. The minimum atomic E-state index is -4.36. The number of benzene rings is 1. The second kappa shape index (κ2) is 6.80. The lowest BCUT2D eigenvalue weighted by atomic mass is 10.0. The Morgan fingerprint density at radius 1 is 1.32 bits per heavy atom. The molecule has 0 unspecified atom stereocenters. The maximum Gasteiger partial charge on any atom is 0.416 e. The number of aliphatic hydroxyl groups excluding tert-OH is 1. The molecular weight excluding hydrogens is 331 g/mol. The zero-order valence-corrected chi connectivity index (χ0v) is 14.3. The number of nitrogens with zero attached hydrogens (tertiary/aromatic N) is 3. The summed E-state index contributed by atoms with van der Waals surface area (Å²) in [6, 6.07) is 5.18. The summed E-state index contributed by atoms with van der Waals surface area (Å²) in [4.78, 5) is 2.04. The van der Waals surface area contributed by atoms with E-state index in [1.165, 1.54) is 12.1 Å². The molecule has 2 aromatic rings. The Bertz CT molecular complexity index is 741. The smallest absolute Gasteiger partial charge is 0.392 e. The van der Waals surface area contributed by atoms with Gasteiger partial charge < -0.3 is 5.11 Å². The van der Waals surface area contributed by atoms with Gasteiger partial charge in [0.1, 0.15) is 0 Å². The number of aliphatic hydroxyl groups is 1. The SMILES string of the molecule is CCc1nn(C)cc1CN1C[C@@H](O)C[C@H]1c1cccc(C(F)(F)F)c1. The van der Waals surface area contributed by atoms with Crippen LogP contribution in [-0.2, 0) is 26.2 Å². The van der Waals surface area contributed by atoms with E-state index in [1.807, 2.05) is 25.1 Å². The first kappa shape index (κ1) is 17.9. The van der Waals surface area contributed by atoms with Crippen molar-refractivity contribution in [3.05, 3.63) is 52.8 Å². The number of β-amino-alcohol motifs (C(OH)–C–C–N with tert-alkyl or cyclic N) is 1. The highest BCUT2D eigenvalue weighted by Crippen LogP contribution is 2.37. The van der Waals surface area contributed by atoms with E-state index >= 15 is 0 Å². The van der Waals surface area contributed by atoms with Gasteiger partial charge in [0.2, 0.25) is 0 Å². The molecule has 7 heteroatoms. The zero-order valence-electron chi connectivity index (χ0n) is 14.3. The third-order valence-electron chi connectivity index (χ3n) is 4.68. The Labute approximate surface area is 144 Å². The Balaban J connectivity index is 1.87. The predicted molar refractivity (Wildman–Crippen MR) is 87.8 cm³/mol. The van der Waals surface area contributed by atoms with Crippen molar-refractivity contribution in [1.29, 1.82) is 0 Å². The molecule has 136 valence electrons. The molecule has 1 fully saturated rings. The first-order valence-electron chi connectivity index (χ1n) is 8.38. The molecule has 2 heterocycles. The Kier molecular flexibility index (Phi) is 4.88. The minimum absolute atomic E-state index is 0.234. The van der Waals surface area contributed by atoms with Crippen LogP contribution >= 0.6 is 0 Å². The molecule has 25 heavy (non-hydrogen) atoms. The summed E-state index contributed by atoms with van der Waals surface area (Å²) < 4.78 is 40.8. The number of aryl methyl sites for hydroxylation is 2. The van der Waals surface area contributed by atoms with Gasteiger partial charge in [0.25, 0.3) is 0 Å². The van der Waals surface area contributed by atoms with Crippen LogP contribution < -0.4 is 0 Å². The quantitative estimate of drug-likeness (QED) is 0.917. The van der Waals surface area contributed by atoms with E-state index < -0.39 is 17.8 Å². The van der Waals surface area contributed by atoms with Crippen molar-refractivity contribution in [3.8, 4) is 0 Å². The van der Waals surface area contributed by atoms with Gasteiger partial charge in [0.05, 0.1) is 17.4 Å². The molecule has 1 aliphatic rings. The van der Waals surface area contributed by atoms with Crippen LogP contribution in [0.15, 0.2) is 30.5 Å². The van der Waals surface area contributed by atoms with E-state index in [4.69, 9.17) is 0 Å². The summed E-state index contributed by atoms with van der Waals surface area (Å²) in [6.45, 7) is 3.03. The second-order valence-electron chi connectivity index (χ2n) is 6.59. The largest absolute Gasteiger partial charge is 0.416 e. The molecular formula is C18H22F3N3O. The molecule has 1 saturated heterocycles. The van der Waals surface area contributed by atoms with Gasteiger partial charge in [-0.15, -0.1) is 0 Å². The third kappa shape index (κ3) is 3.88. The average Bonchev–Trinajstić information content (AvgIpc) is 3.09. The van der Waals surface area contributed by atoms with E-state index in [9.17, 15) is 18.3 Å². The Hall–Kier alpha value is -1.86. The van der Waals surface area contributed by atoms with E-state index in [2.05, 4.69) is 5.10 Å². The van der Waals surface area contributed by atoms with Crippen molar-refractivity contribution in [1.82, 2.24) is 14.7 Å². The lowest BCUT2D eigenvalue weighted by Gasteiger charge is -2.25. The topological polar surface area (TPSA) is 41.3 Å². The van der Waals surface area contributed by atoms with Crippen molar-refractivity contribution in [2.75, 3.05) is 6.54 Å². The molecule has 4 nitrogen and oxygen atoms in total. The predicted octanol–water partition coefficient (Wildman–Crippen LogP) is 3.31. The van der Waals surface area contributed by atoms with Crippen molar-refractivity contribution in [3.63, 3.8) is 0 Å². The molecule has 0 bridgehead atoms. The van der Waals surface area contributed by atoms with Crippen LogP contribution in [0.1, 0.15) is 41.8 Å². The van der Waals surface area contributed by atoms with Gasteiger partial charge in [0.15, 0.2) is 0 Å². The zero-order chi connectivity index (χ0) is 18.2. The molecule has 1 N–H and O–H groups in total. The van der Waals surface area contributed by atoms with Crippen molar-refractivity contribution in [2.24, 2.45) is 7.05 Å². The number of likely N-dealkylation sites (tertiary alicyclic amines) is 1. The Morgan fingerprint density at radius 2 is 2.08 bits per heavy atom. The van der Waals surface area contributed by atoms with Crippen LogP contribution in [0.4, 0.5) is 13.2 Å². The summed E-state index contributed by atoms with van der Waals surface area (Å²) >= 11 is 0. The summed E-state index contributed by atoms with van der Waals surface area (Å²) in [7, 11) is 1.85. The summed E-state index contributed by atoms with van der Waals surface area (Å²) in [5, 5.41) is 14.5. The minimum Gasteiger partial charge on any atom is -0.392 e. The lowest BCUT2D eigenvalue weighted by Crippen LogP contribution is -2.25. The number of halogens is 3. The van der Waals surface area contributed by atoms with E-state index in [1.54, 1.807) is 10.7 Å². The molecule has 2 atom stereocenters. The van der Waals surface area contributed by atoms with Gasteiger partial charge in [0, 0.05) is 37.9 Å². The molecule has 0 aliphatic carbocycles. The summed E-state index contributed by atoms with van der Waals surface area (Å²) in [5.41, 5.74) is 1.97. The summed E-state index contributed by atoms with van der Waals surface area (Å²) in [6.07, 6.45) is -1.74. The van der Waals surface area contributed by atoms with Gasteiger partial charge in [-0.1, -0.05) is 19.1 Å². The Morgan fingerprint density at radius 3 is 2.76 bits per heavy atom. The van der Waals surface area contributed by atoms with Crippen molar-refractivity contribution < 1.29 is 18.3 Å². The van der Waals surface area contributed by atoms with Crippen LogP contribution in [0.5, 0.6) is 0 Å². The van der Waals surface area contributed by atoms with Gasteiger partial charge in [-0.05, 0) is 30.5 Å². The fraction of sp³-hybridized carbons (Fsp3) is 0.500. The second-order valence-corrected chi connectivity index (χ2v) is 6.59. The molecule has 3 rings (SSSR count). The molecule has 0 saturated carbocycles. The van der Waals surface area contributed by atoms with Gasteiger partial charge in [-0.25, -0.2) is 0 Å². The van der Waals surface area contributed by atoms with Gasteiger partial charge in [-0.3, -0.25) is 9.58 Å². The number of aromatic nitrogens is 2. The third-order valence-corrected chi connectivity index (χ3v) is 4.68. The van der Waals surface area contributed by atoms with Crippen LogP contribution in [0.25, 0.3) is 0 Å². The van der Waals surface area contributed by atoms with Gasteiger partial charge in [-0.2, -0.15) is 18.3 Å². The fourth-order valence-electron chi connectivity index (χ4n) is 3.56. The van der Waals surface area contributed by atoms with E-state index in [-0.39, 0.29) is 6.04 Å². The molecule has 1 aliphatic heterocycles. The number of rotatable bonds is 4. The van der Waals surface area contributed by atoms with Crippen molar-refractivity contribution >= 4 is 0 Å². The van der Waals surface area contributed by atoms with Crippen LogP contribution in [0.3, 0.4) is 0 Å². The van der Waals surface area contributed by atoms with Crippen LogP contribution in [0, 0.1) is 0 Å². The standard InChI is InChI=1S/C18H22F3N3O/c1-3-16-13(9-23(2)22-16)10-24-11-15(25)8-17(24)12-5-4-6-14(7-12)18(19,20)21/h4-7,9,15,17,25H,3,8,10-11H2,1-2H3/t15-,17-/m0/s1. The molecule has 1 aromatic carbocycles. The van der Waals surface area contributed by atoms with E-state index in [0.29, 0.717) is 25.1 Å². The highest BCUT2D eigenvalue weighted by atomic mass is 19.4. The highest BCUT2D eigenvalue weighted by Gasteiger charge is 2.35. The lowest BCUT2D eigenvalue weighted by molar-refractivity contribution is -0.137. The normalized spacial score (nSPS) is 21.8. The maximum atomic E-state index is 13.0. The average molecular weight is 353 g/mol. The fourth-order valence-corrected chi connectivity index (χ4v) is 3.56. The van der Waals surface area contributed by atoms with E-state index in [0.717, 1.165) is 23.7 Å². The number of hydrogen-bond acceptors (Lipinski definition) is 3. The van der Waals surface area contributed by atoms with Crippen LogP contribution in [0.2, 0.25) is 0 Å². The van der Waals surface area contributed by atoms with Crippen LogP contribution in [-0.4, -0.2) is 32.4 Å². The molecule has 0 amide bonds. The highest BCUT2D eigenvalue weighted by molar-refractivity contribution is 5.29. The number of hydrogen-bond donors (Lipinski definition) is 1. The van der Waals surface area contributed by atoms with Gasteiger partial charge >= 0.3 is 6.18 Å². The molecule has 0 radical (unpaired) electrons. The van der Waals surface area contributed by atoms with Crippen molar-refractivity contribution in [2.45, 2.75) is 44.6 Å². The first-order chi connectivity index (χ1) is 11.8. The molecule has 0 spiro atoms. The monoisotopic (exact) mass is 353 g/mol. The number of alkyl halides is 3. The molecule has 1 aromatic heterocycles. The maximum absolute atomic E-state index is 13.0.